The first-order valence-corrected chi connectivity index (χ1v) is 6.35. The first-order chi connectivity index (χ1) is 10.8. The second-order valence-electron chi connectivity index (χ2n) is 4.22. The van der Waals surface area contributed by atoms with Crippen LogP contribution in [0.4, 0.5) is 0 Å². The topological polar surface area (TPSA) is 83.8 Å². The molecule has 0 fully saturated rings. The Labute approximate surface area is 126 Å². The molecular weight excluding hydrogens is 284 g/mol. The van der Waals surface area contributed by atoms with Crippen LogP contribution < -0.4 is 0 Å². The largest absolute Gasteiger partial charge is 0.507 e. The van der Waals surface area contributed by atoms with Crippen molar-refractivity contribution in [2.45, 2.75) is 0 Å². The molecule has 0 unspecified atom stereocenters. The molecule has 5 heteroatoms. The maximum atomic E-state index is 9.20. The molecule has 0 amide bonds. The molecule has 2 N–H and O–H groups in total. The van der Waals surface area contributed by atoms with Gasteiger partial charge in [-0.05, 0) is 36.4 Å². The Morgan fingerprint density at radius 1 is 0.682 bits per heavy atom. The lowest BCUT2D eigenvalue weighted by Crippen LogP contribution is -1.63. The van der Waals surface area contributed by atoms with E-state index in [2.05, 4.69) is 0 Å². The molecule has 0 radical (unpaired) electrons. The van der Waals surface area contributed by atoms with Gasteiger partial charge in [-0.3, -0.25) is 0 Å². The fraction of sp³-hybridized carbons (Fsp3) is 0. The van der Waals surface area contributed by atoms with Crippen LogP contribution in [0, 0.1) is 0 Å². The number of furan rings is 2. The van der Waals surface area contributed by atoms with Gasteiger partial charge in [0.15, 0.2) is 0 Å². The highest BCUT2D eigenvalue weighted by Crippen LogP contribution is 2.25. The highest BCUT2D eigenvalue weighted by Gasteiger charge is 1.99. The minimum atomic E-state index is 0.270. The number of aromatic hydroxyl groups is 2. The summed E-state index contributed by atoms with van der Waals surface area (Å²) in [7, 11) is 0. The molecule has 4 aromatic rings. The molecule has 22 heavy (non-hydrogen) atoms. The van der Waals surface area contributed by atoms with Crippen LogP contribution in [-0.2, 0) is 4.79 Å². The molecule has 0 aliphatic heterocycles. The van der Waals surface area contributed by atoms with Crippen LogP contribution in [0.2, 0.25) is 0 Å². The fourth-order valence-electron chi connectivity index (χ4n) is 1.96. The van der Waals surface area contributed by atoms with Crippen LogP contribution in [0.15, 0.2) is 69.9 Å². The molecule has 0 aliphatic carbocycles. The third kappa shape index (κ3) is 3.09. The second kappa shape index (κ2) is 6.99. The Morgan fingerprint density at radius 2 is 1.09 bits per heavy atom. The van der Waals surface area contributed by atoms with Crippen LogP contribution >= 0.6 is 0 Å². The van der Waals surface area contributed by atoms with E-state index in [0.29, 0.717) is 0 Å². The normalized spacial score (nSPS) is 9.64. The predicted octanol–water partition coefficient (Wildman–Crippen LogP) is 4.09. The van der Waals surface area contributed by atoms with Crippen molar-refractivity contribution in [1.82, 2.24) is 0 Å². The van der Waals surface area contributed by atoms with Crippen LogP contribution in [0.5, 0.6) is 11.5 Å². The molecule has 112 valence electrons. The van der Waals surface area contributed by atoms with Gasteiger partial charge in [0.2, 0.25) is 0 Å². The molecule has 0 aliphatic rings. The number of carbonyl (C=O) groups excluding carboxylic acids is 1. The number of phenolic OH excluding ortho intramolecular Hbond substituents is 2. The van der Waals surface area contributed by atoms with Gasteiger partial charge in [-0.1, -0.05) is 12.1 Å². The van der Waals surface area contributed by atoms with E-state index in [-0.39, 0.29) is 11.5 Å². The number of hydrogen-bond acceptors (Lipinski definition) is 5. The van der Waals surface area contributed by atoms with E-state index in [1.807, 2.05) is 18.9 Å². The Balaban J connectivity index is 0.000000144. The molecule has 4 rings (SSSR count). The standard InChI is InChI=1S/2C8H6O2.CH2O/c2*9-7-2-1-3-8-6(7)4-5-10-8;1-2/h2*1-5,9H;1H2. The van der Waals surface area contributed by atoms with Crippen LogP contribution in [0.3, 0.4) is 0 Å². The summed E-state index contributed by atoms with van der Waals surface area (Å²) in [5.41, 5.74) is 1.44. The summed E-state index contributed by atoms with van der Waals surface area (Å²) in [5.74, 6) is 0.539. The van der Waals surface area contributed by atoms with Crippen molar-refractivity contribution < 1.29 is 23.8 Å². The number of benzene rings is 2. The van der Waals surface area contributed by atoms with Gasteiger partial charge in [0.05, 0.1) is 23.3 Å². The fourth-order valence-corrected chi connectivity index (χ4v) is 1.96. The van der Waals surface area contributed by atoms with E-state index in [1.165, 1.54) is 0 Å². The summed E-state index contributed by atoms with van der Waals surface area (Å²) in [6, 6.07) is 13.9. The van der Waals surface area contributed by atoms with Crippen LogP contribution in [0.25, 0.3) is 21.9 Å². The van der Waals surface area contributed by atoms with Crippen molar-refractivity contribution >= 4 is 28.7 Å². The third-order valence-electron chi connectivity index (χ3n) is 2.95. The zero-order valence-corrected chi connectivity index (χ0v) is 11.6. The first kappa shape index (κ1) is 15.2. The second-order valence-corrected chi connectivity index (χ2v) is 4.22. The van der Waals surface area contributed by atoms with Crippen molar-refractivity contribution in [3.8, 4) is 11.5 Å². The summed E-state index contributed by atoms with van der Waals surface area (Å²) in [6.45, 7) is 2.00. The maximum Gasteiger partial charge on any atom is 0.137 e. The Morgan fingerprint density at radius 3 is 1.45 bits per heavy atom. The van der Waals surface area contributed by atoms with E-state index < -0.39 is 0 Å². The molecule has 5 nitrogen and oxygen atoms in total. The summed E-state index contributed by atoms with van der Waals surface area (Å²) in [5, 5.41) is 19.9. The van der Waals surface area contributed by atoms with Gasteiger partial charge in [0.1, 0.15) is 29.5 Å². The minimum absolute atomic E-state index is 0.270. The Hall–Kier alpha value is -3.21. The highest BCUT2D eigenvalue weighted by atomic mass is 16.3. The zero-order chi connectivity index (χ0) is 15.9. The van der Waals surface area contributed by atoms with Gasteiger partial charge in [-0.15, -0.1) is 0 Å². The lowest BCUT2D eigenvalue weighted by molar-refractivity contribution is -0.0979. The summed E-state index contributed by atoms with van der Waals surface area (Å²) < 4.78 is 10.1. The van der Waals surface area contributed by atoms with Gasteiger partial charge < -0.3 is 23.8 Å². The van der Waals surface area contributed by atoms with Gasteiger partial charge in [0.25, 0.3) is 0 Å². The number of hydrogen-bond donors (Lipinski definition) is 2. The molecule has 0 saturated heterocycles. The number of rotatable bonds is 0. The van der Waals surface area contributed by atoms with Crippen molar-refractivity contribution in [3.63, 3.8) is 0 Å². The Bertz CT molecular complexity index is 787. The van der Waals surface area contributed by atoms with Crippen molar-refractivity contribution in [2.75, 3.05) is 0 Å². The van der Waals surface area contributed by atoms with E-state index in [1.54, 1.807) is 48.9 Å². The summed E-state index contributed by atoms with van der Waals surface area (Å²) in [4.78, 5) is 8.00. The average Bonchev–Trinajstić information content (AvgIpc) is 3.20. The predicted molar refractivity (Wildman–Crippen MR) is 82.9 cm³/mol. The molecule has 2 aromatic heterocycles. The summed E-state index contributed by atoms with van der Waals surface area (Å²) in [6.07, 6.45) is 3.12. The number of fused-ring (bicyclic) bond motifs is 2. The zero-order valence-electron chi connectivity index (χ0n) is 11.6. The highest BCUT2D eigenvalue weighted by molar-refractivity contribution is 5.83. The van der Waals surface area contributed by atoms with E-state index in [9.17, 15) is 10.2 Å². The average molecular weight is 298 g/mol. The molecule has 0 atom stereocenters. The number of phenols is 2. The maximum absolute atomic E-state index is 9.20. The quantitative estimate of drug-likeness (QED) is 0.511. The van der Waals surface area contributed by atoms with Crippen molar-refractivity contribution in [1.29, 1.82) is 0 Å². The van der Waals surface area contributed by atoms with Gasteiger partial charge >= 0.3 is 0 Å². The van der Waals surface area contributed by atoms with Gasteiger partial charge in [-0.2, -0.15) is 0 Å². The SMILES string of the molecule is C=O.Oc1cccc2occc12.Oc1cccc2occc12. The summed E-state index contributed by atoms with van der Waals surface area (Å²) >= 11 is 0. The monoisotopic (exact) mass is 298 g/mol. The van der Waals surface area contributed by atoms with Crippen molar-refractivity contribution in [3.05, 3.63) is 61.1 Å². The Kier molecular flexibility index (Phi) is 4.82. The molecular formula is C17H14O5. The molecule has 2 heterocycles. The van der Waals surface area contributed by atoms with Gasteiger partial charge in [-0.25, -0.2) is 0 Å². The minimum Gasteiger partial charge on any atom is -0.507 e. The van der Waals surface area contributed by atoms with E-state index >= 15 is 0 Å². The van der Waals surface area contributed by atoms with Crippen LogP contribution in [0.1, 0.15) is 0 Å². The lowest BCUT2D eigenvalue weighted by Gasteiger charge is -1.89. The smallest absolute Gasteiger partial charge is 0.137 e. The van der Waals surface area contributed by atoms with Gasteiger partial charge in [0, 0.05) is 0 Å². The lowest BCUT2D eigenvalue weighted by atomic mass is 10.2. The molecule has 0 spiro atoms. The molecule has 0 bridgehead atoms. The number of carbonyl (C=O) groups is 1. The van der Waals surface area contributed by atoms with E-state index in [4.69, 9.17) is 13.6 Å². The molecule has 2 aromatic carbocycles. The van der Waals surface area contributed by atoms with Crippen LogP contribution in [-0.4, -0.2) is 17.0 Å². The van der Waals surface area contributed by atoms with Crippen molar-refractivity contribution in [2.24, 2.45) is 0 Å². The van der Waals surface area contributed by atoms with E-state index in [0.717, 1.165) is 21.9 Å². The molecule has 0 saturated carbocycles. The third-order valence-corrected chi connectivity index (χ3v) is 2.95. The first-order valence-electron chi connectivity index (χ1n) is 6.35.